The molecule has 2 amide bonds. The number of carbonyl (C=O) groups is 3. The fraction of sp³-hybridized carbons (Fsp3) is 0.375. The Labute approximate surface area is 199 Å². The molecule has 2 aromatic carbocycles. The molecule has 0 aromatic heterocycles. The number of hydrogen-bond acceptors (Lipinski definition) is 6. The lowest BCUT2D eigenvalue weighted by Gasteiger charge is -2.20. The molecule has 2 N–H and O–H groups in total. The third-order valence-electron chi connectivity index (χ3n) is 5.40. The number of ether oxygens (including phenoxy) is 1. The number of nitrogens with zero attached hydrogens (tertiary/aromatic N) is 1. The lowest BCUT2D eigenvalue weighted by molar-refractivity contribution is -0.123. The third kappa shape index (κ3) is 6.64. The van der Waals surface area contributed by atoms with Crippen molar-refractivity contribution < 1.29 is 27.5 Å². The van der Waals surface area contributed by atoms with Crippen molar-refractivity contribution in [2.24, 2.45) is 0 Å². The lowest BCUT2D eigenvalue weighted by Crippen LogP contribution is -2.32. The molecular weight excluding hydrogens is 458 g/mol. The molecule has 1 atom stereocenters. The quantitative estimate of drug-likeness (QED) is 0.578. The lowest BCUT2D eigenvalue weighted by atomic mass is 10.2. The molecule has 9 nitrogen and oxygen atoms in total. The molecule has 3 rings (SSSR count). The molecule has 34 heavy (non-hydrogen) atoms. The fourth-order valence-electron chi connectivity index (χ4n) is 3.58. The van der Waals surface area contributed by atoms with Crippen LogP contribution in [-0.2, 0) is 24.3 Å². The van der Waals surface area contributed by atoms with Crippen molar-refractivity contribution in [2.75, 3.05) is 23.7 Å². The van der Waals surface area contributed by atoms with Gasteiger partial charge in [0.15, 0.2) is 6.10 Å². The van der Waals surface area contributed by atoms with Crippen LogP contribution in [0.5, 0.6) is 0 Å². The first-order valence-electron chi connectivity index (χ1n) is 11.2. The SMILES string of the molecule is CC(=O)Nc1ccc(NC(=O)[C@@H](C)OC(=O)c2cccc(S(=O)(=O)N3CCCCCC3)c2)cc1. The van der Waals surface area contributed by atoms with E-state index in [2.05, 4.69) is 10.6 Å². The molecule has 10 heteroatoms. The van der Waals surface area contributed by atoms with Crippen molar-refractivity contribution in [3.8, 4) is 0 Å². The largest absolute Gasteiger partial charge is 0.449 e. The summed E-state index contributed by atoms with van der Waals surface area (Å²) in [6, 6.07) is 12.2. The third-order valence-corrected chi connectivity index (χ3v) is 7.29. The minimum absolute atomic E-state index is 0.0280. The van der Waals surface area contributed by atoms with Crippen molar-refractivity contribution >= 4 is 39.2 Å². The zero-order valence-corrected chi connectivity index (χ0v) is 20.1. The standard InChI is InChI=1S/C24H29N3O6S/c1-17(23(29)26-21-12-10-20(11-13-21)25-18(2)28)33-24(30)19-8-7-9-22(16-19)34(31,32)27-14-5-3-4-6-15-27/h7-13,16-17H,3-6,14-15H2,1-2H3,(H,25,28)(H,26,29)/t17-/m1/s1. The van der Waals surface area contributed by atoms with Crippen LogP contribution in [0.4, 0.5) is 11.4 Å². The van der Waals surface area contributed by atoms with E-state index in [0.717, 1.165) is 25.7 Å². The topological polar surface area (TPSA) is 122 Å². The van der Waals surface area contributed by atoms with Crippen molar-refractivity contribution in [3.05, 3.63) is 54.1 Å². The summed E-state index contributed by atoms with van der Waals surface area (Å²) < 4.78 is 32.8. The molecule has 0 radical (unpaired) electrons. The second-order valence-corrected chi connectivity index (χ2v) is 10.1. The first-order chi connectivity index (χ1) is 16.2. The summed E-state index contributed by atoms with van der Waals surface area (Å²) in [7, 11) is -3.72. The molecule has 0 aliphatic carbocycles. The first-order valence-corrected chi connectivity index (χ1v) is 12.6. The minimum atomic E-state index is -3.72. The zero-order valence-electron chi connectivity index (χ0n) is 19.2. The highest BCUT2D eigenvalue weighted by atomic mass is 32.2. The molecule has 2 aromatic rings. The van der Waals surface area contributed by atoms with E-state index in [4.69, 9.17) is 4.74 Å². The van der Waals surface area contributed by atoms with Gasteiger partial charge < -0.3 is 15.4 Å². The van der Waals surface area contributed by atoms with E-state index in [1.165, 1.54) is 42.4 Å². The predicted octanol–water partition coefficient (Wildman–Crippen LogP) is 3.39. The summed E-state index contributed by atoms with van der Waals surface area (Å²) in [5.74, 6) is -1.55. The molecule has 1 aliphatic rings. The average Bonchev–Trinajstić information content (AvgIpc) is 3.10. The van der Waals surface area contributed by atoms with Gasteiger partial charge in [0.25, 0.3) is 5.91 Å². The number of benzene rings is 2. The molecule has 0 bridgehead atoms. The van der Waals surface area contributed by atoms with Crippen LogP contribution in [0.3, 0.4) is 0 Å². The van der Waals surface area contributed by atoms with Crippen molar-refractivity contribution in [3.63, 3.8) is 0 Å². The molecule has 0 spiro atoms. The van der Waals surface area contributed by atoms with Crippen molar-refractivity contribution in [2.45, 2.75) is 50.5 Å². The van der Waals surface area contributed by atoms with Crippen LogP contribution >= 0.6 is 0 Å². The van der Waals surface area contributed by atoms with Crippen LogP contribution in [0.25, 0.3) is 0 Å². The maximum Gasteiger partial charge on any atom is 0.338 e. The number of anilines is 2. The summed E-state index contributed by atoms with van der Waals surface area (Å²) >= 11 is 0. The van der Waals surface area contributed by atoms with Gasteiger partial charge in [-0.05, 0) is 62.2 Å². The number of nitrogens with one attached hydrogen (secondary N) is 2. The molecule has 1 heterocycles. The summed E-state index contributed by atoms with van der Waals surface area (Å²) in [4.78, 5) is 36.2. The Morgan fingerprint density at radius 1 is 0.912 bits per heavy atom. The van der Waals surface area contributed by atoms with Gasteiger partial charge in [0.2, 0.25) is 15.9 Å². The van der Waals surface area contributed by atoms with Crippen LogP contribution in [0, 0.1) is 0 Å². The molecule has 1 saturated heterocycles. The van der Waals surface area contributed by atoms with Crippen LogP contribution in [0.2, 0.25) is 0 Å². The van der Waals surface area contributed by atoms with Gasteiger partial charge in [0.05, 0.1) is 10.5 Å². The Balaban J connectivity index is 1.63. The second-order valence-electron chi connectivity index (χ2n) is 8.14. The number of rotatable bonds is 7. The second kappa shape index (κ2) is 11.3. The molecule has 0 unspecified atom stereocenters. The Bertz CT molecular complexity index is 1140. The maximum atomic E-state index is 13.0. The Morgan fingerprint density at radius 3 is 2.09 bits per heavy atom. The monoisotopic (exact) mass is 487 g/mol. The van der Waals surface area contributed by atoms with Crippen molar-refractivity contribution in [1.29, 1.82) is 0 Å². The summed E-state index contributed by atoms with van der Waals surface area (Å²) in [5, 5.41) is 5.26. The highest BCUT2D eigenvalue weighted by molar-refractivity contribution is 7.89. The number of esters is 1. The zero-order chi connectivity index (χ0) is 24.7. The van der Waals surface area contributed by atoms with E-state index in [1.54, 1.807) is 24.3 Å². The first kappa shape index (κ1) is 25.4. The molecular formula is C24H29N3O6S. The highest BCUT2D eigenvalue weighted by Crippen LogP contribution is 2.22. The van der Waals surface area contributed by atoms with E-state index in [1.807, 2.05) is 0 Å². The molecule has 182 valence electrons. The summed E-state index contributed by atoms with van der Waals surface area (Å²) in [5.41, 5.74) is 1.10. The Kier molecular flexibility index (Phi) is 8.41. The van der Waals surface area contributed by atoms with Gasteiger partial charge in [-0.1, -0.05) is 18.9 Å². The van der Waals surface area contributed by atoms with Gasteiger partial charge in [-0.2, -0.15) is 4.31 Å². The maximum absolute atomic E-state index is 13.0. The van der Waals surface area contributed by atoms with Crippen LogP contribution in [-0.4, -0.2) is 49.7 Å². The average molecular weight is 488 g/mol. The number of sulfonamides is 1. The number of carbonyl (C=O) groups excluding carboxylic acids is 3. The smallest absolute Gasteiger partial charge is 0.338 e. The molecule has 0 saturated carbocycles. The number of hydrogen-bond donors (Lipinski definition) is 2. The minimum Gasteiger partial charge on any atom is -0.449 e. The van der Waals surface area contributed by atoms with E-state index < -0.39 is 28.0 Å². The Morgan fingerprint density at radius 2 is 1.50 bits per heavy atom. The van der Waals surface area contributed by atoms with Gasteiger partial charge in [-0.15, -0.1) is 0 Å². The van der Waals surface area contributed by atoms with Gasteiger partial charge in [-0.3, -0.25) is 9.59 Å². The van der Waals surface area contributed by atoms with Gasteiger partial charge >= 0.3 is 5.97 Å². The molecule has 1 aliphatic heterocycles. The summed E-state index contributed by atoms with van der Waals surface area (Å²) in [6.45, 7) is 3.74. The molecule has 1 fully saturated rings. The summed E-state index contributed by atoms with van der Waals surface area (Å²) in [6.07, 6.45) is 2.50. The van der Waals surface area contributed by atoms with Crippen LogP contribution in [0.15, 0.2) is 53.4 Å². The number of amides is 2. The highest BCUT2D eigenvalue weighted by Gasteiger charge is 2.26. The van der Waals surface area contributed by atoms with E-state index >= 15 is 0 Å². The van der Waals surface area contributed by atoms with Crippen molar-refractivity contribution in [1.82, 2.24) is 4.31 Å². The van der Waals surface area contributed by atoms with Crippen LogP contribution < -0.4 is 10.6 Å². The van der Waals surface area contributed by atoms with Gasteiger partial charge in [0, 0.05) is 31.4 Å². The predicted molar refractivity (Wildman–Crippen MR) is 128 cm³/mol. The van der Waals surface area contributed by atoms with E-state index in [0.29, 0.717) is 24.5 Å². The normalized spacial score (nSPS) is 15.6. The van der Waals surface area contributed by atoms with Gasteiger partial charge in [0.1, 0.15) is 0 Å². The van der Waals surface area contributed by atoms with Crippen LogP contribution in [0.1, 0.15) is 49.9 Å². The van der Waals surface area contributed by atoms with E-state index in [9.17, 15) is 22.8 Å². The Hall–Kier alpha value is -3.24. The van der Waals surface area contributed by atoms with E-state index in [-0.39, 0.29) is 16.4 Å². The van der Waals surface area contributed by atoms with Gasteiger partial charge in [-0.25, -0.2) is 13.2 Å². The fourth-order valence-corrected chi connectivity index (χ4v) is 5.14.